The van der Waals surface area contributed by atoms with Crippen molar-refractivity contribution in [2.45, 2.75) is 6.54 Å². The summed E-state index contributed by atoms with van der Waals surface area (Å²) < 4.78 is 1.92. The Balaban J connectivity index is 2.13. The van der Waals surface area contributed by atoms with Crippen molar-refractivity contribution in [1.29, 1.82) is 0 Å². The maximum atomic E-state index is 6.06. The monoisotopic (exact) mass is 291 g/mol. The Hall–Kier alpha value is -1.71. The van der Waals surface area contributed by atoms with Crippen LogP contribution >= 0.6 is 23.2 Å². The second kappa shape index (κ2) is 4.76. The number of rotatable bonds is 2. The van der Waals surface area contributed by atoms with Crippen molar-refractivity contribution in [3.63, 3.8) is 0 Å². The van der Waals surface area contributed by atoms with Gasteiger partial charge in [0.15, 0.2) is 0 Å². The van der Waals surface area contributed by atoms with Crippen LogP contribution < -0.4 is 5.73 Å². The maximum absolute atomic E-state index is 6.06. The number of benzene rings is 2. The highest BCUT2D eigenvalue weighted by molar-refractivity contribution is 6.42. The van der Waals surface area contributed by atoms with Crippen molar-refractivity contribution in [2.24, 2.45) is 0 Å². The molecule has 96 valence electrons. The molecule has 19 heavy (non-hydrogen) atoms. The van der Waals surface area contributed by atoms with Crippen LogP contribution in [-0.4, -0.2) is 9.55 Å². The molecule has 0 aliphatic carbocycles. The third-order valence-electron chi connectivity index (χ3n) is 3.00. The number of hydrogen-bond donors (Lipinski definition) is 1. The van der Waals surface area contributed by atoms with Gasteiger partial charge in [0.2, 0.25) is 5.95 Å². The third-order valence-corrected chi connectivity index (χ3v) is 3.73. The topological polar surface area (TPSA) is 43.8 Å². The molecule has 5 heteroatoms. The van der Waals surface area contributed by atoms with Crippen LogP contribution in [0.2, 0.25) is 10.0 Å². The maximum Gasteiger partial charge on any atom is 0.201 e. The molecule has 2 N–H and O–H groups in total. The van der Waals surface area contributed by atoms with Crippen molar-refractivity contribution in [3.8, 4) is 0 Å². The smallest absolute Gasteiger partial charge is 0.201 e. The standard InChI is InChI=1S/C14H11Cl2N3/c15-10-6-12-13(7-11(10)16)19(14(17)18-12)8-9-4-2-1-3-5-9/h1-7H,8H2,(H2,17,18). The molecule has 2 aromatic carbocycles. The first kappa shape index (κ1) is 12.3. The van der Waals surface area contributed by atoms with E-state index < -0.39 is 0 Å². The molecule has 0 atom stereocenters. The van der Waals surface area contributed by atoms with E-state index >= 15 is 0 Å². The third kappa shape index (κ3) is 2.27. The Morgan fingerprint density at radius 1 is 1.05 bits per heavy atom. The number of halogens is 2. The minimum atomic E-state index is 0.456. The molecular weight excluding hydrogens is 281 g/mol. The van der Waals surface area contributed by atoms with Crippen molar-refractivity contribution < 1.29 is 0 Å². The molecule has 3 rings (SSSR count). The first-order valence-electron chi connectivity index (χ1n) is 5.80. The number of nitrogens with two attached hydrogens (primary N) is 1. The van der Waals surface area contributed by atoms with Gasteiger partial charge in [0.05, 0.1) is 27.6 Å². The van der Waals surface area contributed by atoms with Crippen molar-refractivity contribution in [1.82, 2.24) is 9.55 Å². The Labute approximate surface area is 120 Å². The van der Waals surface area contributed by atoms with Crippen molar-refractivity contribution in [3.05, 3.63) is 58.1 Å². The van der Waals surface area contributed by atoms with E-state index in [1.165, 1.54) is 0 Å². The number of imidazole rings is 1. The summed E-state index contributed by atoms with van der Waals surface area (Å²) in [4.78, 5) is 4.31. The van der Waals surface area contributed by atoms with E-state index in [4.69, 9.17) is 28.9 Å². The second-order valence-corrected chi connectivity index (χ2v) is 5.11. The fourth-order valence-electron chi connectivity index (χ4n) is 2.07. The predicted octanol–water partition coefficient (Wildman–Crippen LogP) is 3.97. The van der Waals surface area contributed by atoms with E-state index in [1.54, 1.807) is 12.1 Å². The quantitative estimate of drug-likeness (QED) is 0.776. The highest BCUT2D eigenvalue weighted by Crippen LogP contribution is 2.29. The lowest BCUT2D eigenvalue weighted by Gasteiger charge is -2.07. The van der Waals surface area contributed by atoms with E-state index in [0.717, 1.165) is 16.6 Å². The van der Waals surface area contributed by atoms with Crippen molar-refractivity contribution >= 4 is 40.2 Å². The van der Waals surface area contributed by atoms with Gasteiger partial charge in [-0.15, -0.1) is 0 Å². The fraction of sp³-hybridized carbons (Fsp3) is 0.0714. The SMILES string of the molecule is Nc1nc2cc(Cl)c(Cl)cc2n1Cc1ccccc1. The first-order valence-corrected chi connectivity index (χ1v) is 6.55. The zero-order valence-electron chi connectivity index (χ0n) is 9.98. The number of aromatic nitrogens is 2. The Morgan fingerprint density at radius 2 is 1.74 bits per heavy atom. The van der Waals surface area contributed by atoms with E-state index in [2.05, 4.69) is 4.98 Å². The molecule has 0 bridgehead atoms. The van der Waals surface area contributed by atoms with E-state index in [1.807, 2.05) is 34.9 Å². The van der Waals surface area contributed by atoms with Crippen LogP contribution in [0.5, 0.6) is 0 Å². The zero-order chi connectivity index (χ0) is 13.4. The highest BCUT2D eigenvalue weighted by atomic mass is 35.5. The summed E-state index contributed by atoms with van der Waals surface area (Å²) in [6.45, 7) is 0.654. The van der Waals surface area contributed by atoms with Crippen LogP contribution in [0.15, 0.2) is 42.5 Å². The number of hydrogen-bond acceptors (Lipinski definition) is 2. The molecule has 3 aromatic rings. The molecule has 0 aliphatic heterocycles. The summed E-state index contributed by atoms with van der Waals surface area (Å²) in [6, 6.07) is 13.6. The summed E-state index contributed by atoms with van der Waals surface area (Å²) in [5.41, 5.74) is 8.76. The van der Waals surface area contributed by atoms with Gasteiger partial charge in [-0.3, -0.25) is 0 Å². The van der Waals surface area contributed by atoms with E-state index in [0.29, 0.717) is 22.5 Å². The summed E-state index contributed by atoms with van der Waals surface area (Å²) in [6.07, 6.45) is 0. The minimum Gasteiger partial charge on any atom is -0.369 e. The van der Waals surface area contributed by atoms with E-state index in [-0.39, 0.29) is 0 Å². The van der Waals surface area contributed by atoms with Crippen LogP contribution in [0.3, 0.4) is 0 Å². The van der Waals surface area contributed by atoms with Gasteiger partial charge in [0.1, 0.15) is 0 Å². The van der Waals surface area contributed by atoms with E-state index in [9.17, 15) is 0 Å². The van der Waals surface area contributed by atoms with Crippen LogP contribution in [0.4, 0.5) is 5.95 Å². The number of nitrogen functional groups attached to an aromatic ring is 1. The normalized spacial score (nSPS) is 11.1. The largest absolute Gasteiger partial charge is 0.369 e. The van der Waals surface area contributed by atoms with Gasteiger partial charge in [-0.25, -0.2) is 4.98 Å². The molecule has 1 heterocycles. The second-order valence-electron chi connectivity index (χ2n) is 4.30. The van der Waals surface area contributed by atoms with Crippen LogP contribution in [0, 0.1) is 0 Å². The molecule has 0 saturated carbocycles. The van der Waals surface area contributed by atoms with Crippen molar-refractivity contribution in [2.75, 3.05) is 5.73 Å². The minimum absolute atomic E-state index is 0.456. The Kier molecular flexibility index (Phi) is 3.09. The number of fused-ring (bicyclic) bond motifs is 1. The van der Waals surface area contributed by atoms with Gasteiger partial charge >= 0.3 is 0 Å². The molecule has 0 saturated heterocycles. The predicted molar refractivity (Wildman–Crippen MR) is 79.7 cm³/mol. The molecule has 1 aromatic heterocycles. The average molecular weight is 292 g/mol. The molecule has 0 aliphatic rings. The van der Waals surface area contributed by atoms with Gasteiger partial charge in [0.25, 0.3) is 0 Å². The molecule has 0 radical (unpaired) electrons. The summed E-state index contributed by atoms with van der Waals surface area (Å²) >= 11 is 12.0. The molecule has 0 unspecified atom stereocenters. The summed E-state index contributed by atoms with van der Waals surface area (Å²) in [7, 11) is 0. The number of nitrogens with zero attached hydrogens (tertiary/aromatic N) is 2. The lowest BCUT2D eigenvalue weighted by Crippen LogP contribution is -2.04. The van der Waals surface area contributed by atoms with Gasteiger partial charge < -0.3 is 10.3 Å². The van der Waals surface area contributed by atoms with Gasteiger partial charge in [0, 0.05) is 0 Å². The first-order chi connectivity index (χ1) is 9.15. The molecular formula is C14H11Cl2N3. The number of anilines is 1. The van der Waals surface area contributed by atoms with Crippen LogP contribution in [0.1, 0.15) is 5.56 Å². The van der Waals surface area contributed by atoms with Gasteiger partial charge in [-0.05, 0) is 17.7 Å². The molecule has 0 fully saturated rings. The Bertz CT molecular complexity index is 735. The van der Waals surface area contributed by atoms with Crippen LogP contribution in [0.25, 0.3) is 11.0 Å². The molecule has 0 spiro atoms. The summed E-state index contributed by atoms with van der Waals surface area (Å²) in [5, 5.41) is 0.988. The van der Waals surface area contributed by atoms with Crippen LogP contribution in [-0.2, 0) is 6.54 Å². The summed E-state index contributed by atoms with van der Waals surface area (Å²) in [5.74, 6) is 0.456. The fourth-order valence-corrected chi connectivity index (χ4v) is 2.39. The highest BCUT2D eigenvalue weighted by Gasteiger charge is 2.11. The average Bonchev–Trinajstić information content (AvgIpc) is 2.68. The molecule has 0 amide bonds. The van der Waals surface area contributed by atoms with Gasteiger partial charge in [-0.1, -0.05) is 53.5 Å². The lowest BCUT2D eigenvalue weighted by atomic mass is 10.2. The van der Waals surface area contributed by atoms with Gasteiger partial charge in [-0.2, -0.15) is 0 Å². The molecule has 3 nitrogen and oxygen atoms in total. The lowest BCUT2D eigenvalue weighted by molar-refractivity contribution is 0.838. The zero-order valence-corrected chi connectivity index (χ0v) is 11.5. The Morgan fingerprint density at radius 3 is 2.47 bits per heavy atom.